The van der Waals surface area contributed by atoms with Gasteiger partial charge in [0, 0.05) is 29.9 Å². The van der Waals surface area contributed by atoms with Gasteiger partial charge in [0.15, 0.2) is 5.96 Å². The van der Waals surface area contributed by atoms with Crippen LogP contribution in [0.1, 0.15) is 11.3 Å². The Kier molecular flexibility index (Phi) is 8.54. The Morgan fingerprint density at radius 2 is 1.74 bits per heavy atom. The van der Waals surface area contributed by atoms with Crippen LogP contribution in [0.3, 0.4) is 0 Å². The van der Waals surface area contributed by atoms with Gasteiger partial charge >= 0.3 is 0 Å². The molecule has 0 saturated heterocycles. The molecule has 0 saturated carbocycles. The van der Waals surface area contributed by atoms with Crippen molar-refractivity contribution in [3.05, 3.63) is 89.2 Å². The normalized spacial score (nSPS) is 10.9. The standard InChI is InChI=1S/C21H21ClN4.HI/c22-18-10-8-16(9-11-18)20-7-2-1-5-17(20)15-26-21(23)25-14-12-19-6-3-4-13-24-19;/h1-11,13H,12,14-15H2,(H3,23,25,26);1H. The highest BCUT2D eigenvalue weighted by Gasteiger charge is 2.04. The lowest BCUT2D eigenvalue weighted by molar-refractivity contribution is 0.827. The highest BCUT2D eigenvalue weighted by molar-refractivity contribution is 14.0. The molecule has 3 rings (SSSR count). The van der Waals surface area contributed by atoms with Gasteiger partial charge < -0.3 is 11.1 Å². The topological polar surface area (TPSA) is 63.3 Å². The molecule has 0 fully saturated rings. The molecular weight excluding hydrogens is 471 g/mol. The highest BCUT2D eigenvalue weighted by Crippen LogP contribution is 2.25. The van der Waals surface area contributed by atoms with Gasteiger partial charge in [-0.1, -0.05) is 54.1 Å². The second kappa shape index (κ2) is 10.9. The summed E-state index contributed by atoms with van der Waals surface area (Å²) in [5.74, 6) is 0.437. The molecule has 0 spiro atoms. The summed E-state index contributed by atoms with van der Waals surface area (Å²) in [6.45, 7) is 1.21. The van der Waals surface area contributed by atoms with Crippen LogP contribution in [0.4, 0.5) is 0 Å². The number of nitrogens with two attached hydrogens (primary N) is 1. The van der Waals surface area contributed by atoms with Crippen LogP contribution >= 0.6 is 35.6 Å². The molecule has 3 aromatic rings. The number of aliphatic imine (C=N–C) groups is 1. The maximum Gasteiger partial charge on any atom is 0.188 e. The number of rotatable bonds is 6. The van der Waals surface area contributed by atoms with E-state index in [0.717, 1.165) is 33.8 Å². The number of halogens is 2. The van der Waals surface area contributed by atoms with E-state index in [-0.39, 0.29) is 24.0 Å². The first kappa shape index (κ1) is 21.2. The molecule has 6 heteroatoms. The molecule has 140 valence electrons. The second-order valence-corrected chi connectivity index (χ2v) is 6.30. The minimum Gasteiger partial charge on any atom is -0.370 e. The summed E-state index contributed by atoms with van der Waals surface area (Å²) < 4.78 is 0. The zero-order valence-electron chi connectivity index (χ0n) is 14.8. The summed E-state index contributed by atoms with van der Waals surface area (Å²) in [5.41, 5.74) is 10.4. The number of hydrogen-bond donors (Lipinski definition) is 2. The Balaban J connectivity index is 0.00000261. The largest absolute Gasteiger partial charge is 0.370 e. The molecule has 1 aromatic heterocycles. The molecule has 4 nitrogen and oxygen atoms in total. The first-order chi connectivity index (χ1) is 12.7. The number of aromatic nitrogens is 1. The van der Waals surface area contributed by atoms with Crippen LogP contribution in [0.25, 0.3) is 11.1 Å². The van der Waals surface area contributed by atoms with Gasteiger partial charge in [-0.25, -0.2) is 4.99 Å². The van der Waals surface area contributed by atoms with Crippen LogP contribution < -0.4 is 11.1 Å². The quantitative estimate of drug-likeness (QED) is 0.299. The van der Waals surface area contributed by atoms with Crippen molar-refractivity contribution in [2.45, 2.75) is 13.0 Å². The third-order valence-electron chi connectivity index (χ3n) is 4.01. The van der Waals surface area contributed by atoms with Crippen LogP contribution in [-0.2, 0) is 13.0 Å². The van der Waals surface area contributed by atoms with E-state index in [4.69, 9.17) is 17.3 Å². The van der Waals surface area contributed by atoms with Crippen molar-refractivity contribution in [2.75, 3.05) is 6.54 Å². The Labute approximate surface area is 181 Å². The first-order valence-corrected chi connectivity index (χ1v) is 8.88. The molecular formula is C21H22ClIN4. The van der Waals surface area contributed by atoms with Gasteiger partial charge in [0.2, 0.25) is 0 Å². The van der Waals surface area contributed by atoms with Crippen molar-refractivity contribution in [3.8, 4) is 11.1 Å². The molecule has 1 heterocycles. The molecule has 0 aliphatic rings. The van der Waals surface area contributed by atoms with E-state index in [1.54, 1.807) is 6.20 Å². The van der Waals surface area contributed by atoms with Gasteiger partial charge in [0.05, 0.1) is 6.54 Å². The van der Waals surface area contributed by atoms with Gasteiger partial charge in [-0.2, -0.15) is 0 Å². The predicted molar refractivity (Wildman–Crippen MR) is 124 cm³/mol. The van der Waals surface area contributed by atoms with E-state index < -0.39 is 0 Å². The Morgan fingerprint density at radius 3 is 2.48 bits per heavy atom. The lowest BCUT2D eigenvalue weighted by Crippen LogP contribution is -2.33. The van der Waals surface area contributed by atoms with Crippen molar-refractivity contribution in [1.82, 2.24) is 10.3 Å². The van der Waals surface area contributed by atoms with Crippen LogP contribution in [0.15, 0.2) is 77.9 Å². The van der Waals surface area contributed by atoms with Crippen molar-refractivity contribution in [3.63, 3.8) is 0 Å². The Bertz CT molecular complexity index is 867. The fraction of sp³-hybridized carbons (Fsp3) is 0.143. The average molecular weight is 493 g/mol. The highest BCUT2D eigenvalue weighted by atomic mass is 127. The van der Waals surface area contributed by atoms with Crippen molar-refractivity contribution >= 4 is 41.5 Å². The van der Waals surface area contributed by atoms with E-state index in [2.05, 4.69) is 27.4 Å². The fourth-order valence-corrected chi connectivity index (χ4v) is 2.79. The maximum absolute atomic E-state index is 6.00. The van der Waals surface area contributed by atoms with E-state index in [9.17, 15) is 0 Å². The number of pyridine rings is 1. The van der Waals surface area contributed by atoms with E-state index in [1.165, 1.54) is 0 Å². The Hall–Kier alpha value is -2.12. The Morgan fingerprint density at radius 1 is 1.00 bits per heavy atom. The lowest BCUT2D eigenvalue weighted by atomic mass is 10.00. The van der Waals surface area contributed by atoms with Crippen LogP contribution in [0.5, 0.6) is 0 Å². The summed E-state index contributed by atoms with van der Waals surface area (Å²) in [6.07, 6.45) is 2.60. The maximum atomic E-state index is 6.00. The van der Waals surface area contributed by atoms with Crippen molar-refractivity contribution < 1.29 is 0 Å². The second-order valence-electron chi connectivity index (χ2n) is 5.86. The summed E-state index contributed by atoms with van der Waals surface area (Å²) in [4.78, 5) is 8.76. The molecule has 27 heavy (non-hydrogen) atoms. The SMILES string of the molecule is I.NC(=NCc1ccccc1-c1ccc(Cl)cc1)NCCc1ccccn1. The zero-order valence-corrected chi connectivity index (χ0v) is 17.9. The summed E-state index contributed by atoms with van der Waals surface area (Å²) in [6, 6.07) is 21.9. The van der Waals surface area contributed by atoms with Gasteiger partial charge in [-0.15, -0.1) is 24.0 Å². The van der Waals surface area contributed by atoms with Gasteiger partial charge in [-0.3, -0.25) is 4.98 Å². The minimum atomic E-state index is 0. The van der Waals surface area contributed by atoms with E-state index >= 15 is 0 Å². The zero-order chi connectivity index (χ0) is 18.2. The molecule has 0 aliphatic carbocycles. The predicted octanol–water partition coefficient (Wildman–Crippen LogP) is 4.67. The van der Waals surface area contributed by atoms with E-state index in [0.29, 0.717) is 19.0 Å². The van der Waals surface area contributed by atoms with E-state index in [1.807, 2.05) is 54.6 Å². The minimum absolute atomic E-state index is 0. The van der Waals surface area contributed by atoms with Crippen LogP contribution in [0.2, 0.25) is 5.02 Å². The number of hydrogen-bond acceptors (Lipinski definition) is 2. The molecule has 0 aliphatic heterocycles. The van der Waals surface area contributed by atoms with Gasteiger partial charge in [-0.05, 0) is 41.0 Å². The summed E-state index contributed by atoms with van der Waals surface area (Å²) in [5, 5.41) is 3.87. The van der Waals surface area contributed by atoms with Gasteiger partial charge in [0.1, 0.15) is 0 Å². The molecule has 0 radical (unpaired) electrons. The number of benzene rings is 2. The van der Waals surface area contributed by atoms with Crippen molar-refractivity contribution in [1.29, 1.82) is 0 Å². The number of guanidine groups is 1. The molecule has 0 unspecified atom stereocenters. The smallest absolute Gasteiger partial charge is 0.188 e. The monoisotopic (exact) mass is 492 g/mol. The number of nitrogens with one attached hydrogen (secondary N) is 1. The third kappa shape index (κ3) is 6.52. The van der Waals surface area contributed by atoms with Gasteiger partial charge in [0.25, 0.3) is 0 Å². The molecule has 0 bridgehead atoms. The molecule has 3 N–H and O–H groups in total. The van der Waals surface area contributed by atoms with Crippen LogP contribution in [0, 0.1) is 0 Å². The summed E-state index contributed by atoms with van der Waals surface area (Å²) in [7, 11) is 0. The molecule has 0 amide bonds. The lowest BCUT2D eigenvalue weighted by Gasteiger charge is -2.09. The van der Waals surface area contributed by atoms with Crippen LogP contribution in [-0.4, -0.2) is 17.5 Å². The fourth-order valence-electron chi connectivity index (χ4n) is 2.66. The summed E-state index contributed by atoms with van der Waals surface area (Å²) >= 11 is 5.98. The average Bonchev–Trinajstić information content (AvgIpc) is 2.68. The first-order valence-electron chi connectivity index (χ1n) is 8.50. The third-order valence-corrected chi connectivity index (χ3v) is 4.26. The molecule has 0 atom stereocenters. The molecule has 2 aromatic carbocycles. The number of nitrogens with zero attached hydrogens (tertiary/aromatic N) is 2. The van der Waals surface area contributed by atoms with Crippen molar-refractivity contribution in [2.24, 2.45) is 10.7 Å².